The molecule has 2 saturated heterocycles. The molecule has 3 atom stereocenters. The van der Waals surface area contributed by atoms with E-state index >= 15 is 0 Å². The van der Waals surface area contributed by atoms with Crippen LogP contribution in [0.1, 0.15) is 6.92 Å². The zero-order valence-electron chi connectivity index (χ0n) is 8.58. The Morgan fingerprint density at radius 3 is 2.87 bits per heavy atom. The SMILES string of the molecule is C[C@@H]1CNC[C@H]1C(=O)N[C@@H]1CONC1=O. The van der Waals surface area contributed by atoms with Gasteiger partial charge in [0.05, 0.1) is 5.92 Å². The van der Waals surface area contributed by atoms with E-state index in [1.54, 1.807) is 0 Å². The fourth-order valence-electron chi connectivity index (χ4n) is 1.89. The van der Waals surface area contributed by atoms with Crippen molar-refractivity contribution in [3.63, 3.8) is 0 Å². The Labute approximate surface area is 87.7 Å². The molecule has 0 spiro atoms. The Morgan fingerprint density at radius 1 is 1.53 bits per heavy atom. The van der Waals surface area contributed by atoms with Gasteiger partial charge in [0.1, 0.15) is 12.6 Å². The highest BCUT2D eigenvalue weighted by molar-refractivity contribution is 5.89. The molecule has 15 heavy (non-hydrogen) atoms. The van der Waals surface area contributed by atoms with Gasteiger partial charge in [0.2, 0.25) is 5.91 Å². The first-order chi connectivity index (χ1) is 7.18. The molecular formula is C9H15N3O3. The van der Waals surface area contributed by atoms with Crippen LogP contribution in [0.25, 0.3) is 0 Å². The van der Waals surface area contributed by atoms with E-state index < -0.39 is 6.04 Å². The van der Waals surface area contributed by atoms with Gasteiger partial charge < -0.3 is 10.6 Å². The monoisotopic (exact) mass is 213 g/mol. The molecule has 0 aromatic carbocycles. The first kappa shape index (κ1) is 10.4. The first-order valence-corrected chi connectivity index (χ1v) is 5.11. The quantitative estimate of drug-likeness (QED) is 0.515. The largest absolute Gasteiger partial charge is 0.342 e. The van der Waals surface area contributed by atoms with Crippen molar-refractivity contribution in [2.24, 2.45) is 11.8 Å². The molecule has 6 heteroatoms. The van der Waals surface area contributed by atoms with Crippen LogP contribution in [0.3, 0.4) is 0 Å². The van der Waals surface area contributed by atoms with Crippen molar-refractivity contribution in [3.8, 4) is 0 Å². The van der Waals surface area contributed by atoms with Crippen LogP contribution in [0.2, 0.25) is 0 Å². The van der Waals surface area contributed by atoms with E-state index in [9.17, 15) is 9.59 Å². The maximum absolute atomic E-state index is 11.8. The number of hydroxylamine groups is 1. The number of nitrogens with one attached hydrogen (secondary N) is 3. The molecule has 2 heterocycles. The summed E-state index contributed by atoms with van der Waals surface area (Å²) in [5.74, 6) is -0.0751. The minimum atomic E-state index is -0.537. The van der Waals surface area contributed by atoms with Gasteiger partial charge in [-0.15, -0.1) is 0 Å². The summed E-state index contributed by atoms with van der Waals surface area (Å²) in [6.45, 7) is 3.77. The molecule has 2 aliphatic rings. The molecule has 0 bridgehead atoms. The molecule has 84 valence electrons. The Bertz CT molecular complexity index is 282. The summed E-state index contributed by atoms with van der Waals surface area (Å²) >= 11 is 0. The number of hydrogen-bond donors (Lipinski definition) is 3. The molecule has 0 aromatic heterocycles. The van der Waals surface area contributed by atoms with Crippen LogP contribution in [0.15, 0.2) is 0 Å². The molecule has 0 saturated carbocycles. The van der Waals surface area contributed by atoms with E-state index in [4.69, 9.17) is 4.84 Å². The van der Waals surface area contributed by atoms with Crippen LogP contribution in [0, 0.1) is 11.8 Å². The molecule has 2 rings (SSSR count). The fraction of sp³-hybridized carbons (Fsp3) is 0.778. The predicted molar refractivity (Wildman–Crippen MR) is 51.5 cm³/mol. The van der Waals surface area contributed by atoms with Gasteiger partial charge in [-0.3, -0.25) is 14.4 Å². The van der Waals surface area contributed by atoms with E-state index in [0.29, 0.717) is 12.5 Å². The summed E-state index contributed by atoms with van der Waals surface area (Å²) in [4.78, 5) is 27.6. The summed E-state index contributed by atoms with van der Waals surface area (Å²) in [5.41, 5.74) is 2.21. The second kappa shape index (κ2) is 4.16. The van der Waals surface area contributed by atoms with Crippen molar-refractivity contribution < 1.29 is 14.4 Å². The van der Waals surface area contributed by atoms with Gasteiger partial charge >= 0.3 is 0 Å². The van der Waals surface area contributed by atoms with Crippen molar-refractivity contribution in [1.82, 2.24) is 16.1 Å². The summed E-state index contributed by atoms with van der Waals surface area (Å²) in [6, 6.07) is -0.537. The predicted octanol–water partition coefficient (Wildman–Crippen LogP) is -1.61. The zero-order valence-corrected chi connectivity index (χ0v) is 8.58. The van der Waals surface area contributed by atoms with E-state index in [0.717, 1.165) is 6.54 Å². The van der Waals surface area contributed by atoms with Crippen molar-refractivity contribution in [2.75, 3.05) is 19.7 Å². The lowest BCUT2D eigenvalue weighted by atomic mass is 9.97. The lowest BCUT2D eigenvalue weighted by Crippen LogP contribution is -2.45. The summed E-state index contributed by atoms with van der Waals surface area (Å²) in [7, 11) is 0. The van der Waals surface area contributed by atoms with Crippen LogP contribution < -0.4 is 16.1 Å². The Balaban J connectivity index is 1.88. The van der Waals surface area contributed by atoms with Gasteiger partial charge in [-0.2, -0.15) is 0 Å². The average molecular weight is 213 g/mol. The van der Waals surface area contributed by atoms with Crippen LogP contribution in [0.4, 0.5) is 0 Å². The third-order valence-corrected chi connectivity index (χ3v) is 2.91. The maximum Gasteiger partial charge on any atom is 0.268 e. The zero-order chi connectivity index (χ0) is 10.8. The average Bonchev–Trinajstić information content (AvgIpc) is 2.76. The van der Waals surface area contributed by atoms with Crippen LogP contribution in [-0.2, 0) is 14.4 Å². The lowest BCUT2D eigenvalue weighted by Gasteiger charge is -2.15. The number of hydrogen-bond acceptors (Lipinski definition) is 4. The molecule has 0 aliphatic carbocycles. The molecule has 0 radical (unpaired) electrons. The van der Waals surface area contributed by atoms with Gasteiger partial charge in [-0.25, -0.2) is 5.48 Å². The molecular weight excluding hydrogens is 198 g/mol. The molecule has 3 N–H and O–H groups in total. The van der Waals surface area contributed by atoms with Gasteiger partial charge in [-0.05, 0) is 12.5 Å². The highest BCUT2D eigenvalue weighted by atomic mass is 16.7. The third kappa shape index (κ3) is 2.10. The molecule has 0 unspecified atom stereocenters. The standard InChI is InChI=1S/C9H15N3O3/c1-5-2-10-3-6(5)8(13)11-7-4-15-12-9(7)14/h5-7,10H,2-4H2,1H3,(H,11,13)(H,12,14)/t5-,6-,7-/m1/s1. The van der Waals surface area contributed by atoms with Gasteiger partial charge in [0.25, 0.3) is 5.91 Å². The van der Waals surface area contributed by atoms with Crippen molar-refractivity contribution >= 4 is 11.8 Å². The smallest absolute Gasteiger partial charge is 0.268 e. The Hall–Kier alpha value is -1.14. The van der Waals surface area contributed by atoms with Crippen molar-refractivity contribution in [3.05, 3.63) is 0 Å². The minimum Gasteiger partial charge on any atom is -0.342 e. The van der Waals surface area contributed by atoms with Crippen molar-refractivity contribution in [1.29, 1.82) is 0 Å². The number of carbonyl (C=O) groups is 2. The second-order valence-electron chi connectivity index (χ2n) is 4.08. The van der Waals surface area contributed by atoms with E-state index in [1.807, 2.05) is 6.92 Å². The fourth-order valence-corrected chi connectivity index (χ4v) is 1.89. The van der Waals surface area contributed by atoms with E-state index in [1.165, 1.54) is 0 Å². The lowest BCUT2D eigenvalue weighted by molar-refractivity contribution is -0.130. The Kier molecular flexibility index (Phi) is 2.88. The summed E-state index contributed by atoms with van der Waals surface area (Å²) in [6.07, 6.45) is 0. The van der Waals surface area contributed by atoms with Gasteiger partial charge in [0.15, 0.2) is 0 Å². The highest BCUT2D eigenvalue weighted by Gasteiger charge is 2.34. The third-order valence-electron chi connectivity index (χ3n) is 2.91. The minimum absolute atomic E-state index is 0.0431. The molecule has 2 fully saturated rings. The topological polar surface area (TPSA) is 79.5 Å². The van der Waals surface area contributed by atoms with Crippen LogP contribution in [0.5, 0.6) is 0 Å². The molecule has 0 aromatic rings. The van der Waals surface area contributed by atoms with Crippen LogP contribution in [-0.4, -0.2) is 37.6 Å². The first-order valence-electron chi connectivity index (χ1n) is 5.11. The highest BCUT2D eigenvalue weighted by Crippen LogP contribution is 2.16. The van der Waals surface area contributed by atoms with E-state index in [-0.39, 0.29) is 24.3 Å². The Morgan fingerprint density at radius 2 is 2.33 bits per heavy atom. The number of amides is 2. The maximum atomic E-state index is 11.8. The van der Waals surface area contributed by atoms with E-state index in [2.05, 4.69) is 16.1 Å². The van der Waals surface area contributed by atoms with Gasteiger partial charge in [0, 0.05) is 6.54 Å². The summed E-state index contributed by atoms with van der Waals surface area (Å²) in [5, 5.41) is 5.83. The van der Waals surface area contributed by atoms with Crippen LogP contribution >= 0.6 is 0 Å². The van der Waals surface area contributed by atoms with Crippen molar-refractivity contribution in [2.45, 2.75) is 13.0 Å². The number of rotatable bonds is 2. The number of carbonyl (C=O) groups excluding carboxylic acids is 2. The molecule has 6 nitrogen and oxygen atoms in total. The van der Waals surface area contributed by atoms with Gasteiger partial charge in [-0.1, -0.05) is 6.92 Å². The molecule has 2 aliphatic heterocycles. The second-order valence-corrected chi connectivity index (χ2v) is 4.08. The summed E-state index contributed by atoms with van der Waals surface area (Å²) < 4.78 is 0. The molecule has 2 amide bonds. The normalized spacial score (nSPS) is 35.3.